The van der Waals surface area contributed by atoms with Crippen molar-refractivity contribution in [2.24, 2.45) is 4.99 Å². The lowest BCUT2D eigenvalue weighted by Gasteiger charge is -2.12. The van der Waals surface area contributed by atoms with E-state index in [4.69, 9.17) is 0 Å². The van der Waals surface area contributed by atoms with Crippen LogP contribution in [-0.4, -0.2) is 52.0 Å². The highest BCUT2D eigenvalue weighted by molar-refractivity contribution is 14.0. The number of halogens is 1. The Morgan fingerprint density at radius 3 is 1.60 bits per heavy atom. The van der Waals surface area contributed by atoms with Crippen molar-refractivity contribution in [3.8, 4) is 0 Å². The zero-order chi connectivity index (χ0) is 21.1. The number of benzene rings is 2. The van der Waals surface area contributed by atoms with E-state index in [1.807, 2.05) is 36.4 Å². The molecule has 0 spiro atoms. The number of hydrogen-bond acceptors (Lipinski definition) is 3. The Morgan fingerprint density at radius 1 is 0.800 bits per heavy atom. The molecule has 0 fully saturated rings. The van der Waals surface area contributed by atoms with E-state index in [-0.39, 0.29) is 35.8 Å². The first-order valence-corrected chi connectivity index (χ1v) is 9.64. The maximum absolute atomic E-state index is 11.7. The van der Waals surface area contributed by atoms with Crippen LogP contribution in [0.4, 0.5) is 0 Å². The number of carbonyl (C=O) groups is 2. The molecule has 0 aliphatic rings. The third-order valence-electron chi connectivity index (χ3n) is 4.47. The molecule has 0 bridgehead atoms. The van der Waals surface area contributed by atoms with Crippen molar-refractivity contribution in [1.82, 2.24) is 21.3 Å². The molecule has 0 unspecified atom stereocenters. The molecule has 0 saturated carbocycles. The zero-order valence-corrected chi connectivity index (χ0v) is 19.9. The molecule has 0 atom stereocenters. The Morgan fingerprint density at radius 2 is 1.23 bits per heavy atom. The second kappa shape index (κ2) is 13.6. The topological polar surface area (TPSA) is 94.6 Å². The predicted molar refractivity (Wildman–Crippen MR) is 132 cm³/mol. The largest absolute Gasteiger partial charge is 0.356 e. The molecule has 30 heavy (non-hydrogen) atoms. The fraction of sp³-hybridized carbons (Fsp3) is 0.318. The quantitative estimate of drug-likeness (QED) is 0.242. The average molecular weight is 523 g/mol. The molecule has 2 rings (SSSR count). The minimum Gasteiger partial charge on any atom is -0.356 e. The fourth-order valence-corrected chi connectivity index (χ4v) is 2.90. The summed E-state index contributed by atoms with van der Waals surface area (Å²) in [6.45, 7) is 1.39. The van der Waals surface area contributed by atoms with Crippen LogP contribution in [0.2, 0.25) is 0 Å². The standard InChI is InChI=1S/C22H29N5O2.HI/c1-23-20(28)18-8-4-6-16(14-18)10-12-26-22(25-3)27-13-11-17-7-5-9-19(15-17)21(29)24-2;/h4-9,14-15H,10-13H2,1-3H3,(H,23,28)(H,24,29)(H2,25,26,27);1H. The summed E-state index contributed by atoms with van der Waals surface area (Å²) in [5.74, 6) is 0.547. The van der Waals surface area contributed by atoms with Gasteiger partial charge in [-0.15, -0.1) is 24.0 Å². The molecular weight excluding hydrogens is 493 g/mol. The highest BCUT2D eigenvalue weighted by Crippen LogP contribution is 2.06. The molecule has 0 aliphatic heterocycles. The molecule has 2 aromatic rings. The van der Waals surface area contributed by atoms with Gasteiger partial charge in [-0.05, 0) is 48.2 Å². The van der Waals surface area contributed by atoms with Crippen molar-refractivity contribution < 1.29 is 9.59 Å². The van der Waals surface area contributed by atoms with Crippen LogP contribution in [0, 0.1) is 0 Å². The minimum atomic E-state index is -0.0854. The number of nitrogens with zero attached hydrogens (tertiary/aromatic N) is 1. The van der Waals surface area contributed by atoms with E-state index in [0.29, 0.717) is 24.2 Å². The first-order chi connectivity index (χ1) is 14.1. The summed E-state index contributed by atoms with van der Waals surface area (Å²) in [5.41, 5.74) is 3.48. The summed E-state index contributed by atoms with van der Waals surface area (Å²) in [4.78, 5) is 27.7. The van der Waals surface area contributed by atoms with Gasteiger partial charge in [-0.2, -0.15) is 0 Å². The van der Waals surface area contributed by atoms with Gasteiger partial charge in [0, 0.05) is 45.4 Å². The lowest BCUT2D eigenvalue weighted by atomic mass is 10.1. The van der Waals surface area contributed by atoms with Crippen LogP contribution in [-0.2, 0) is 12.8 Å². The first-order valence-electron chi connectivity index (χ1n) is 9.64. The van der Waals surface area contributed by atoms with Crippen LogP contribution in [0.3, 0.4) is 0 Å². The lowest BCUT2D eigenvalue weighted by Crippen LogP contribution is -2.39. The summed E-state index contributed by atoms with van der Waals surface area (Å²) in [5, 5.41) is 11.8. The second-order valence-electron chi connectivity index (χ2n) is 6.48. The molecule has 7 nitrogen and oxygen atoms in total. The molecule has 162 valence electrons. The van der Waals surface area contributed by atoms with E-state index < -0.39 is 0 Å². The Kier molecular flexibility index (Phi) is 11.5. The molecule has 0 saturated heterocycles. The molecule has 4 N–H and O–H groups in total. The predicted octanol–water partition coefficient (Wildman–Crippen LogP) is 1.97. The summed E-state index contributed by atoms with van der Waals surface area (Å²) in [7, 11) is 4.98. The zero-order valence-electron chi connectivity index (χ0n) is 17.6. The molecule has 0 heterocycles. The number of rotatable bonds is 8. The van der Waals surface area contributed by atoms with Gasteiger partial charge in [-0.3, -0.25) is 14.6 Å². The van der Waals surface area contributed by atoms with E-state index in [0.717, 1.165) is 29.9 Å². The van der Waals surface area contributed by atoms with Crippen molar-refractivity contribution in [1.29, 1.82) is 0 Å². The maximum atomic E-state index is 11.7. The second-order valence-corrected chi connectivity index (χ2v) is 6.48. The Labute approximate surface area is 195 Å². The van der Waals surface area contributed by atoms with Crippen LogP contribution >= 0.6 is 24.0 Å². The highest BCUT2D eigenvalue weighted by atomic mass is 127. The number of guanidine groups is 1. The molecule has 0 aliphatic carbocycles. The molecule has 0 radical (unpaired) electrons. The van der Waals surface area contributed by atoms with Gasteiger partial charge in [0.1, 0.15) is 0 Å². The van der Waals surface area contributed by atoms with Crippen molar-refractivity contribution >= 4 is 41.8 Å². The maximum Gasteiger partial charge on any atom is 0.251 e. The SMILES string of the molecule is CN=C(NCCc1cccc(C(=O)NC)c1)NCCc1cccc(C(=O)NC)c1.I. The number of nitrogens with one attached hydrogen (secondary N) is 4. The lowest BCUT2D eigenvalue weighted by molar-refractivity contribution is 0.0955. The van der Waals surface area contributed by atoms with Gasteiger partial charge in [0.2, 0.25) is 0 Å². The van der Waals surface area contributed by atoms with Gasteiger partial charge >= 0.3 is 0 Å². The van der Waals surface area contributed by atoms with E-state index >= 15 is 0 Å². The Balaban J connectivity index is 0.00000450. The molecule has 2 amide bonds. The van der Waals surface area contributed by atoms with Crippen molar-refractivity contribution in [2.75, 3.05) is 34.2 Å². The highest BCUT2D eigenvalue weighted by Gasteiger charge is 2.05. The Hall–Kier alpha value is -2.62. The van der Waals surface area contributed by atoms with Crippen molar-refractivity contribution in [2.45, 2.75) is 12.8 Å². The Bertz CT molecular complexity index is 803. The van der Waals surface area contributed by atoms with Crippen LogP contribution in [0.15, 0.2) is 53.5 Å². The molecule has 8 heteroatoms. The number of carbonyl (C=O) groups excluding carboxylic acids is 2. The third kappa shape index (κ3) is 8.02. The summed E-state index contributed by atoms with van der Waals surface area (Å²) in [6, 6.07) is 15.2. The molecule has 2 aromatic carbocycles. The monoisotopic (exact) mass is 523 g/mol. The van der Waals surface area contributed by atoms with Gasteiger partial charge < -0.3 is 21.3 Å². The van der Waals surface area contributed by atoms with Crippen molar-refractivity contribution in [3.63, 3.8) is 0 Å². The van der Waals surface area contributed by atoms with Crippen LogP contribution in [0.5, 0.6) is 0 Å². The van der Waals surface area contributed by atoms with E-state index in [1.54, 1.807) is 33.3 Å². The first kappa shape index (κ1) is 25.4. The number of amides is 2. The summed E-state index contributed by atoms with van der Waals surface area (Å²) >= 11 is 0. The molecule has 0 aromatic heterocycles. The van der Waals surface area contributed by atoms with Gasteiger partial charge in [0.15, 0.2) is 5.96 Å². The normalized spacial score (nSPS) is 9.70. The van der Waals surface area contributed by atoms with E-state index in [9.17, 15) is 9.59 Å². The third-order valence-corrected chi connectivity index (χ3v) is 4.47. The number of hydrogen-bond donors (Lipinski definition) is 4. The molecular formula is C22H30IN5O2. The van der Waals surface area contributed by atoms with Gasteiger partial charge in [0.25, 0.3) is 11.8 Å². The minimum absolute atomic E-state index is 0. The van der Waals surface area contributed by atoms with Gasteiger partial charge in [-0.25, -0.2) is 0 Å². The van der Waals surface area contributed by atoms with Crippen LogP contribution < -0.4 is 21.3 Å². The van der Waals surface area contributed by atoms with Crippen LogP contribution in [0.1, 0.15) is 31.8 Å². The smallest absolute Gasteiger partial charge is 0.251 e. The van der Waals surface area contributed by atoms with Gasteiger partial charge in [-0.1, -0.05) is 24.3 Å². The average Bonchev–Trinajstić information content (AvgIpc) is 2.77. The van der Waals surface area contributed by atoms with Crippen LogP contribution in [0.25, 0.3) is 0 Å². The summed E-state index contributed by atoms with van der Waals surface area (Å²) in [6.07, 6.45) is 1.55. The summed E-state index contributed by atoms with van der Waals surface area (Å²) < 4.78 is 0. The van der Waals surface area contributed by atoms with Crippen molar-refractivity contribution in [3.05, 3.63) is 70.8 Å². The van der Waals surface area contributed by atoms with E-state index in [1.165, 1.54) is 0 Å². The van der Waals surface area contributed by atoms with Gasteiger partial charge in [0.05, 0.1) is 0 Å². The fourth-order valence-electron chi connectivity index (χ4n) is 2.90. The van der Waals surface area contributed by atoms with E-state index in [2.05, 4.69) is 26.3 Å². The number of aliphatic imine (C=N–C) groups is 1.